The van der Waals surface area contributed by atoms with Crippen LogP contribution in [0.25, 0.3) is 33.6 Å². The molecule has 2 N–H and O–H groups in total. The van der Waals surface area contributed by atoms with Gasteiger partial charge in [-0.25, -0.2) is 9.97 Å². The Kier molecular flexibility index (Phi) is 5.90. The SMILES string of the molecule is CCn1c(-c2nc3cc(C(=O)N4CCCC(N)C4)cc(OC)c3n2C)cc2ccc(C(F)(F)F)nc21. The molecule has 4 aromatic rings. The first-order chi connectivity index (χ1) is 17.1. The van der Waals surface area contributed by atoms with E-state index in [0.717, 1.165) is 18.9 Å². The van der Waals surface area contributed by atoms with E-state index in [4.69, 9.17) is 15.5 Å². The van der Waals surface area contributed by atoms with Gasteiger partial charge in [-0.15, -0.1) is 0 Å². The van der Waals surface area contributed by atoms with E-state index in [1.54, 1.807) is 27.7 Å². The fourth-order valence-electron chi connectivity index (χ4n) is 4.99. The third-order valence-electron chi connectivity index (χ3n) is 6.73. The van der Waals surface area contributed by atoms with Gasteiger partial charge in [0, 0.05) is 43.7 Å². The van der Waals surface area contributed by atoms with Crippen LogP contribution < -0.4 is 10.5 Å². The van der Waals surface area contributed by atoms with Crippen molar-refractivity contribution < 1.29 is 22.7 Å². The van der Waals surface area contributed by atoms with E-state index < -0.39 is 11.9 Å². The summed E-state index contributed by atoms with van der Waals surface area (Å²) >= 11 is 0. The number of alkyl halides is 3. The highest BCUT2D eigenvalue weighted by atomic mass is 19.4. The summed E-state index contributed by atoms with van der Waals surface area (Å²) in [6.45, 7) is 3.38. The number of amides is 1. The number of hydrogen-bond donors (Lipinski definition) is 1. The highest BCUT2D eigenvalue weighted by molar-refractivity contribution is 6.00. The van der Waals surface area contributed by atoms with Crippen molar-refractivity contribution >= 4 is 28.0 Å². The maximum atomic E-state index is 13.3. The smallest absolute Gasteiger partial charge is 0.433 e. The van der Waals surface area contributed by atoms with Gasteiger partial charge in [-0.1, -0.05) is 0 Å². The lowest BCUT2D eigenvalue weighted by Crippen LogP contribution is -2.45. The Morgan fingerprint density at radius 1 is 1.22 bits per heavy atom. The third kappa shape index (κ3) is 3.97. The summed E-state index contributed by atoms with van der Waals surface area (Å²) in [5, 5.41) is 0.580. The summed E-state index contributed by atoms with van der Waals surface area (Å²) in [5.74, 6) is 0.875. The lowest BCUT2D eigenvalue weighted by atomic mass is 10.0. The fraction of sp³-hybridized carbons (Fsp3) is 0.400. The molecule has 1 aromatic carbocycles. The minimum absolute atomic E-state index is 0.0442. The van der Waals surface area contributed by atoms with E-state index in [2.05, 4.69) is 4.98 Å². The van der Waals surface area contributed by atoms with Gasteiger partial charge in [-0.05, 0) is 50.1 Å². The van der Waals surface area contributed by atoms with E-state index >= 15 is 0 Å². The molecule has 5 rings (SSSR count). The second-order valence-corrected chi connectivity index (χ2v) is 9.08. The van der Waals surface area contributed by atoms with Crippen LogP contribution in [0.5, 0.6) is 5.75 Å². The number of imidazole rings is 1. The Bertz CT molecular complexity index is 1470. The number of methoxy groups -OCH3 is 1. The summed E-state index contributed by atoms with van der Waals surface area (Å²) in [4.78, 5) is 23.7. The van der Waals surface area contributed by atoms with Crippen molar-refractivity contribution in [3.63, 3.8) is 0 Å². The van der Waals surface area contributed by atoms with Crippen LogP contribution in [-0.4, -0.2) is 56.2 Å². The highest BCUT2D eigenvalue weighted by Crippen LogP contribution is 2.35. The highest BCUT2D eigenvalue weighted by Gasteiger charge is 2.33. The fourth-order valence-corrected chi connectivity index (χ4v) is 4.99. The first-order valence-corrected chi connectivity index (χ1v) is 11.8. The molecule has 8 nitrogen and oxygen atoms in total. The van der Waals surface area contributed by atoms with E-state index in [9.17, 15) is 18.0 Å². The lowest BCUT2D eigenvalue weighted by Gasteiger charge is -2.30. The molecule has 4 heterocycles. The molecule has 1 amide bonds. The second kappa shape index (κ2) is 8.81. The minimum Gasteiger partial charge on any atom is -0.494 e. The molecule has 1 aliphatic rings. The Morgan fingerprint density at radius 3 is 2.67 bits per heavy atom. The molecule has 0 bridgehead atoms. The molecule has 3 aromatic heterocycles. The van der Waals surface area contributed by atoms with Crippen LogP contribution in [0.3, 0.4) is 0 Å². The van der Waals surface area contributed by atoms with Crippen molar-refractivity contribution in [2.75, 3.05) is 20.2 Å². The molecule has 0 radical (unpaired) electrons. The van der Waals surface area contributed by atoms with E-state index in [-0.39, 0.29) is 17.6 Å². The zero-order valence-corrected chi connectivity index (χ0v) is 20.3. The molecule has 1 unspecified atom stereocenters. The van der Waals surface area contributed by atoms with E-state index in [1.807, 2.05) is 18.5 Å². The maximum absolute atomic E-state index is 13.3. The van der Waals surface area contributed by atoms with Crippen LogP contribution >= 0.6 is 0 Å². The molecule has 0 saturated carbocycles. The van der Waals surface area contributed by atoms with Crippen molar-refractivity contribution in [2.24, 2.45) is 12.8 Å². The third-order valence-corrected chi connectivity index (χ3v) is 6.73. The number of carbonyl (C=O) groups excluding carboxylic acids is 1. The Morgan fingerprint density at radius 2 is 2.00 bits per heavy atom. The number of pyridine rings is 1. The van der Waals surface area contributed by atoms with Gasteiger partial charge in [0.2, 0.25) is 0 Å². The predicted octanol–water partition coefficient (Wildman–Crippen LogP) is 4.20. The number of hydrogen-bond acceptors (Lipinski definition) is 5. The normalized spacial score (nSPS) is 16.8. The molecule has 0 aliphatic carbocycles. The Balaban J connectivity index is 1.64. The summed E-state index contributed by atoms with van der Waals surface area (Å²) < 4.78 is 49.0. The quantitative estimate of drug-likeness (QED) is 0.454. The first kappa shape index (κ1) is 24.1. The van der Waals surface area contributed by atoms with E-state index in [1.165, 1.54) is 13.2 Å². The number of aryl methyl sites for hydroxylation is 2. The molecule has 190 valence electrons. The molecule has 1 saturated heterocycles. The number of ether oxygens (including phenoxy) is 1. The summed E-state index contributed by atoms with van der Waals surface area (Å²) in [7, 11) is 3.34. The first-order valence-electron chi connectivity index (χ1n) is 11.8. The van der Waals surface area contributed by atoms with Gasteiger partial charge in [0.25, 0.3) is 5.91 Å². The maximum Gasteiger partial charge on any atom is 0.433 e. The van der Waals surface area contributed by atoms with Gasteiger partial charge in [0.1, 0.15) is 22.6 Å². The van der Waals surface area contributed by atoms with Crippen LogP contribution in [-0.2, 0) is 19.8 Å². The van der Waals surface area contributed by atoms with Crippen molar-refractivity contribution in [1.29, 1.82) is 0 Å². The van der Waals surface area contributed by atoms with Crippen molar-refractivity contribution in [1.82, 2.24) is 24.0 Å². The number of fused-ring (bicyclic) bond motifs is 2. The Hall–Kier alpha value is -3.60. The predicted molar refractivity (Wildman–Crippen MR) is 130 cm³/mol. The lowest BCUT2D eigenvalue weighted by molar-refractivity contribution is -0.141. The molecule has 0 spiro atoms. The van der Waals surface area contributed by atoms with Gasteiger partial charge in [-0.3, -0.25) is 4.79 Å². The number of aromatic nitrogens is 4. The van der Waals surface area contributed by atoms with Gasteiger partial charge < -0.3 is 24.5 Å². The average molecular weight is 501 g/mol. The van der Waals surface area contributed by atoms with Crippen LogP contribution in [0.15, 0.2) is 30.3 Å². The van der Waals surface area contributed by atoms with Gasteiger partial charge in [-0.2, -0.15) is 13.2 Å². The number of benzene rings is 1. The number of nitrogens with two attached hydrogens (primary N) is 1. The molecular formula is C25H27F3N6O2. The molecule has 1 aliphatic heterocycles. The van der Waals surface area contributed by atoms with Crippen LogP contribution in [0.1, 0.15) is 35.8 Å². The topological polar surface area (TPSA) is 91.2 Å². The average Bonchev–Trinajstić information content (AvgIpc) is 3.38. The molecule has 1 fully saturated rings. The van der Waals surface area contributed by atoms with E-state index in [0.29, 0.717) is 58.9 Å². The van der Waals surface area contributed by atoms with Gasteiger partial charge >= 0.3 is 6.18 Å². The zero-order chi connectivity index (χ0) is 25.8. The number of halogens is 3. The number of piperidine rings is 1. The minimum atomic E-state index is -4.54. The summed E-state index contributed by atoms with van der Waals surface area (Å²) in [5.41, 5.74) is 7.65. The van der Waals surface area contributed by atoms with Crippen LogP contribution in [0, 0.1) is 0 Å². The zero-order valence-electron chi connectivity index (χ0n) is 20.3. The van der Waals surface area contributed by atoms with Crippen LogP contribution in [0.4, 0.5) is 13.2 Å². The number of nitrogens with zero attached hydrogens (tertiary/aromatic N) is 5. The van der Waals surface area contributed by atoms with Crippen molar-refractivity contribution in [3.8, 4) is 17.3 Å². The summed E-state index contributed by atoms with van der Waals surface area (Å²) in [6, 6.07) is 7.56. The number of carbonyl (C=O) groups is 1. The van der Waals surface area contributed by atoms with Crippen LogP contribution in [0.2, 0.25) is 0 Å². The van der Waals surface area contributed by atoms with Gasteiger partial charge in [0.15, 0.2) is 5.82 Å². The molecule has 11 heteroatoms. The number of rotatable bonds is 4. The standard InChI is InChI=1S/C25H27F3N6O2/c1-4-34-18(11-14-7-8-20(25(26,27)28)31-22(14)34)23-30-17-10-15(12-19(36-3)21(17)32(23)2)24(35)33-9-5-6-16(29)13-33/h7-8,10-12,16H,4-6,9,13,29H2,1-3H3. The molecule has 1 atom stereocenters. The molecule has 36 heavy (non-hydrogen) atoms. The molecular weight excluding hydrogens is 473 g/mol. The van der Waals surface area contributed by atoms with Crippen molar-refractivity contribution in [3.05, 3.63) is 41.6 Å². The second-order valence-electron chi connectivity index (χ2n) is 9.08. The Labute approximate surface area is 205 Å². The monoisotopic (exact) mass is 500 g/mol. The number of likely N-dealkylation sites (tertiary alicyclic amines) is 1. The largest absolute Gasteiger partial charge is 0.494 e. The summed E-state index contributed by atoms with van der Waals surface area (Å²) in [6.07, 6.45) is -2.80. The van der Waals surface area contributed by atoms with Gasteiger partial charge in [0.05, 0.1) is 18.3 Å². The van der Waals surface area contributed by atoms with Crippen molar-refractivity contribution in [2.45, 2.75) is 38.5 Å².